The molecule has 0 amide bonds. The fraction of sp³-hybridized carbons (Fsp3) is 0.214. The molecule has 0 radical (unpaired) electrons. The normalized spacial score (nSPS) is 19.2. The zero-order chi connectivity index (χ0) is 13.9. The Hall–Kier alpha value is -1.76. The van der Waals surface area contributed by atoms with Crippen LogP contribution in [-0.2, 0) is 16.1 Å². The predicted molar refractivity (Wildman–Crippen MR) is 74.8 cm³/mol. The van der Waals surface area contributed by atoms with Crippen molar-refractivity contribution in [1.29, 1.82) is 0 Å². The fourth-order valence-electron chi connectivity index (χ4n) is 2.04. The summed E-state index contributed by atoms with van der Waals surface area (Å²) in [6, 6.07) is 11.4. The van der Waals surface area contributed by atoms with E-state index in [2.05, 4.69) is 18.1 Å². The number of hydrogen-bond donors (Lipinski definition) is 2. The first-order chi connectivity index (χ1) is 9.72. The molecule has 0 aliphatic carbocycles. The van der Waals surface area contributed by atoms with Gasteiger partial charge in [-0.15, -0.1) is 12.6 Å². The Bertz CT molecular complexity index is 583. The van der Waals surface area contributed by atoms with Gasteiger partial charge >= 0.3 is 5.97 Å². The monoisotopic (exact) mass is 290 g/mol. The van der Waals surface area contributed by atoms with Crippen LogP contribution in [-0.4, -0.2) is 17.5 Å². The molecule has 1 fully saturated rings. The van der Waals surface area contributed by atoms with Gasteiger partial charge in [0.15, 0.2) is 5.76 Å². The zero-order valence-electron chi connectivity index (χ0n) is 10.7. The average molecular weight is 290 g/mol. The molecule has 1 aromatic carbocycles. The molecule has 5 nitrogen and oxygen atoms in total. The maximum Gasteiger partial charge on any atom is 0.323 e. The van der Waals surface area contributed by atoms with Crippen LogP contribution >= 0.6 is 12.6 Å². The fourth-order valence-corrected chi connectivity index (χ4v) is 2.19. The quantitative estimate of drug-likeness (QED) is 0.667. The van der Waals surface area contributed by atoms with Gasteiger partial charge in [-0.2, -0.15) is 5.01 Å². The molecule has 1 aliphatic rings. The third-order valence-electron chi connectivity index (χ3n) is 3.03. The Balaban J connectivity index is 1.66. The number of thiol groups is 1. The Morgan fingerprint density at radius 2 is 2.10 bits per heavy atom. The minimum absolute atomic E-state index is 0.190. The van der Waals surface area contributed by atoms with Crippen molar-refractivity contribution >= 4 is 18.6 Å². The Morgan fingerprint density at radius 1 is 1.30 bits per heavy atom. The molecule has 0 saturated carbocycles. The van der Waals surface area contributed by atoms with Crippen LogP contribution in [0.25, 0.3) is 0 Å². The van der Waals surface area contributed by atoms with Crippen LogP contribution in [0.5, 0.6) is 0 Å². The summed E-state index contributed by atoms with van der Waals surface area (Å²) < 4.78 is 10.5. The van der Waals surface area contributed by atoms with Gasteiger partial charge in [0.25, 0.3) is 0 Å². The van der Waals surface area contributed by atoms with Crippen LogP contribution in [0.1, 0.15) is 17.6 Å². The number of benzene rings is 1. The molecule has 1 N–H and O–H groups in total. The molecule has 0 bridgehead atoms. The highest BCUT2D eigenvalue weighted by molar-refractivity contribution is 7.80. The Morgan fingerprint density at radius 3 is 2.80 bits per heavy atom. The predicted octanol–water partition coefficient (Wildman–Crippen LogP) is 2.13. The number of esters is 1. The van der Waals surface area contributed by atoms with Gasteiger partial charge in [-0.25, -0.2) is 5.43 Å². The topological polar surface area (TPSA) is 54.7 Å². The highest BCUT2D eigenvalue weighted by atomic mass is 32.1. The SMILES string of the molecule is O=C1CN(NCc2ccc(S)cc2)C(c2ccco2)O1. The summed E-state index contributed by atoms with van der Waals surface area (Å²) in [4.78, 5) is 12.4. The molecule has 20 heavy (non-hydrogen) atoms. The number of hydrogen-bond acceptors (Lipinski definition) is 6. The van der Waals surface area contributed by atoms with E-state index >= 15 is 0 Å². The minimum Gasteiger partial charge on any atom is -0.464 e. The van der Waals surface area contributed by atoms with Crippen LogP contribution in [0.2, 0.25) is 0 Å². The van der Waals surface area contributed by atoms with E-state index in [0.717, 1.165) is 10.5 Å². The molecule has 1 saturated heterocycles. The number of hydrazine groups is 1. The van der Waals surface area contributed by atoms with Crippen molar-refractivity contribution in [3.63, 3.8) is 0 Å². The molecule has 1 atom stereocenters. The average Bonchev–Trinajstić information content (AvgIpc) is 3.07. The van der Waals surface area contributed by atoms with E-state index in [9.17, 15) is 4.79 Å². The lowest BCUT2D eigenvalue weighted by Crippen LogP contribution is -2.37. The Labute approximate surface area is 121 Å². The molecule has 104 valence electrons. The number of ether oxygens (including phenoxy) is 1. The summed E-state index contributed by atoms with van der Waals surface area (Å²) in [5, 5.41) is 1.73. The van der Waals surface area contributed by atoms with Crippen molar-refractivity contribution in [2.24, 2.45) is 0 Å². The van der Waals surface area contributed by atoms with Crippen molar-refractivity contribution in [1.82, 2.24) is 10.4 Å². The van der Waals surface area contributed by atoms with Crippen LogP contribution in [0, 0.1) is 0 Å². The van der Waals surface area contributed by atoms with E-state index in [0.29, 0.717) is 12.3 Å². The van der Waals surface area contributed by atoms with Crippen molar-refractivity contribution in [3.05, 3.63) is 54.0 Å². The molecule has 3 rings (SSSR count). The van der Waals surface area contributed by atoms with Crippen LogP contribution in [0.15, 0.2) is 52.0 Å². The summed E-state index contributed by atoms with van der Waals surface area (Å²) in [6.07, 6.45) is 1.05. The number of cyclic esters (lactones) is 1. The van der Waals surface area contributed by atoms with Gasteiger partial charge in [-0.3, -0.25) is 4.79 Å². The lowest BCUT2D eigenvalue weighted by atomic mass is 10.2. The van der Waals surface area contributed by atoms with Gasteiger partial charge in [-0.1, -0.05) is 12.1 Å². The third-order valence-corrected chi connectivity index (χ3v) is 3.33. The van der Waals surface area contributed by atoms with Crippen molar-refractivity contribution in [3.8, 4) is 0 Å². The number of nitrogens with zero attached hydrogens (tertiary/aromatic N) is 1. The van der Waals surface area contributed by atoms with Crippen molar-refractivity contribution < 1.29 is 13.9 Å². The molecule has 1 aromatic heterocycles. The molecule has 2 heterocycles. The van der Waals surface area contributed by atoms with Gasteiger partial charge < -0.3 is 9.15 Å². The van der Waals surface area contributed by atoms with Crippen LogP contribution in [0.3, 0.4) is 0 Å². The number of carbonyl (C=O) groups excluding carboxylic acids is 1. The van der Waals surface area contributed by atoms with E-state index in [4.69, 9.17) is 9.15 Å². The highest BCUT2D eigenvalue weighted by Gasteiger charge is 2.35. The minimum atomic E-state index is -0.512. The van der Waals surface area contributed by atoms with Gasteiger partial charge in [0.05, 0.1) is 6.26 Å². The molecule has 1 unspecified atom stereocenters. The lowest BCUT2D eigenvalue weighted by molar-refractivity contribution is -0.143. The van der Waals surface area contributed by atoms with E-state index < -0.39 is 6.23 Å². The number of nitrogens with one attached hydrogen (secondary N) is 1. The summed E-state index contributed by atoms with van der Waals surface area (Å²) in [5.41, 5.74) is 4.29. The smallest absolute Gasteiger partial charge is 0.323 e. The summed E-state index contributed by atoms with van der Waals surface area (Å²) in [5.74, 6) is 0.332. The summed E-state index contributed by atoms with van der Waals surface area (Å²) in [6.45, 7) is 0.790. The number of rotatable bonds is 4. The van der Waals surface area contributed by atoms with Crippen molar-refractivity contribution in [2.75, 3.05) is 6.54 Å². The first-order valence-corrected chi connectivity index (χ1v) is 6.68. The number of carbonyl (C=O) groups is 1. The van der Waals surface area contributed by atoms with E-state index in [1.165, 1.54) is 0 Å². The molecule has 0 spiro atoms. The largest absolute Gasteiger partial charge is 0.464 e. The second-order valence-corrected chi connectivity index (χ2v) is 5.00. The van der Waals surface area contributed by atoms with E-state index in [1.54, 1.807) is 23.4 Å². The molecular weight excluding hydrogens is 276 g/mol. The second-order valence-electron chi connectivity index (χ2n) is 4.49. The maximum atomic E-state index is 11.5. The Kier molecular flexibility index (Phi) is 3.77. The molecule has 1 aliphatic heterocycles. The zero-order valence-corrected chi connectivity index (χ0v) is 11.5. The lowest BCUT2D eigenvalue weighted by Gasteiger charge is -2.20. The highest BCUT2D eigenvalue weighted by Crippen LogP contribution is 2.26. The van der Waals surface area contributed by atoms with Crippen LogP contribution < -0.4 is 5.43 Å². The maximum absolute atomic E-state index is 11.5. The summed E-state index contributed by atoms with van der Waals surface area (Å²) >= 11 is 4.25. The van der Waals surface area contributed by atoms with Gasteiger partial charge in [0.1, 0.15) is 6.54 Å². The molecule has 2 aromatic rings. The van der Waals surface area contributed by atoms with Gasteiger partial charge in [-0.05, 0) is 29.8 Å². The third kappa shape index (κ3) is 2.87. The standard InChI is InChI=1S/C14H14N2O3S/c17-13-9-16(14(19-13)12-2-1-7-18-12)15-8-10-3-5-11(20)6-4-10/h1-7,14-15,20H,8-9H2. The van der Waals surface area contributed by atoms with Crippen LogP contribution in [0.4, 0.5) is 0 Å². The molecular formula is C14H14N2O3S. The summed E-state index contributed by atoms with van der Waals surface area (Å²) in [7, 11) is 0. The second kappa shape index (κ2) is 5.70. The van der Waals surface area contributed by atoms with E-state index in [-0.39, 0.29) is 12.5 Å². The van der Waals surface area contributed by atoms with Gasteiger partial charge in [0.2, 0.25) is 6.23 Å². The van der Waals surface area contributed by atoms with E-state index in [1.807, 2.05) is 24.3 Å². The number of furan rings is 1. The van der Waals surface area contributed by atoms with Gasteiger partial charge in [0, 0.05) is 11.4 Å². The van der Waals surface area contributed by atoms with Crippen molar-refractivity contribution in [2.45, 2.75) is 17.7 Å². The first-order valence-electron chi connectivity index (χ1n) is 6.23. The molecule has 6 heteroatoms. The first kappa shape index (κ1) is 13.2.